The molecule has 12 atom stereocenters. The zero-order valence-corrected chi connectivity index (χ0v) is 86.1. The van der Waals surface area contributed by atoms with Gasteiger partial charge in [0, 0.05) is 111 Å². The molecular formula is C107H124N12O26P2. The van der Waals surface area contributed by atoms with Crippen LogP contribution >= 0.6 is 14.7 Å². The Hall–Kier alpha value is -12.1. The lowest BCUT2D eigenvalue weighted by Gasteiger charge is -2.47. The molecule has 12 heterocycles. The minimum absolute atomic E-state index is 0.0114. The first-order chi connectivity index (χ1) is 70.5. The Kier molecular flexibility index (Phi) is 32.3. The first-order valence-electron chi connectivity index (χ1n) is 50.1. The van der Waals surface area contributed by atoms with Crippen molar-refractivity contribution in [3.63, 3.8) is 0 Å². The van der Waals surface area contributed by atoms with Gasteiger partial charge in [-0.3, -0.25) is 42.4 Å². The van der Waals surface area contributed by atoms with E-state index >= 15 is 0 Å². The highest BCUT2D eigenvalue weighted by atomic mass is 31.2. The molecule has 6 aromatic rings. The molecule has 147 heavy (non-hydrogen) atoms. The van der Waals surface area contributed by atoms with Crippen LogP contribution in [0.15, 0.2) is 109 Å². The maximum atomic E-state index is 15.0. The van der Waals surface area contributed by atoms with E-state index in [9.17, 15) is 69.5 Å². The third-order valence-electron chi connectivity index (χ3n) is 29.0. The molecule has 0 aromatic heterocycles. The van der Waals surface area contributed by atoms with Gasteiger partial charge in [0.15, 0.2) is 6.79 Å². The number of nitriles is 6. The van der Waals surface area contributed by atoms with Gasteiger partial charge >= 0.3 is 0 Å². The average molecular weight is 2060 g/mol. The Labute approximate surface area is 854 Å². The second-order valence-corrected chi connectivity index (χ2v) is 46.1. The largest absolute Gasteiger partial charge is 0.490 e. The van der Waals surface area contributed by atoms with E-state index in [1.807, 2.05) is 69.2 Å². The highest BCUT2D eigenvalue weighted by molar-refractivity contribution is 7.58. The zero-order chi connectivity index (χ0) is 104. The molecule has 12 aliphatic rings. The minimum atomic E-state index is -4.00. The van der Waals surface area contributed by atoms with Gasteiger partial charge in [-0.05, 0) is 217 Å². The summed E-state index contributed by atoms with van der Waals surface area (Å²) in [6.45, 7) is 20.2. The number of hydrogen-bond acceptors (Lipinski definition) is 32. The van der Waals surface area contributed by atoms with Gasteiger partial charge in [-0.25, -0.2) is 0 Å². The maximum absolute atomic E-state index is 15.0. The number of likely N-dealkylation sites (tertiary alicyclic amines) is 6. The molecule has 12 aliphatic heterocycles. The van der Waals surface area contributed by atoms with Gasteiger partial charge in [0.05, 0.1) is 146 Å². The molecular weight excluding hydrogens is 1930 g/mol. The Balaban J connectivity index is 0.000000201. The molecule has 6 fully saturated rings. The third kappa shape index (κ3) is 22.9. The van der Waals surface area contributed by atoms with Gasteiger partial charge in [0.25, 0.3) is 14.7 Å². The quantitative estimate of drug-likeness (QED) is 0.0198. The molecule has 40 heteroatoms. The summed E-state index contributed by atoms with van der Waals surface area (Å²) in [7, 11) is -7.80. The summed E-state index contributed by atoms with van der Waals surface area (Å²) in [6, 6.07) is 40.3. The molecule has 6 amide bonds. The van der Waals surface area contributed by atoms with E-state index in [0.717, 1.165) is 0 Å². The molecule has 0 spiro atoms. The molecule has 12 unspecified atom stereocenters. The highest BCUT2D eigenvalue weighted by Gasteiger charge is 2.57. The van der Waals surface area contributed by atoms with Crippen LogP contribution in [0, 0.1) is 68.0 Å². The van der Waals surface area contributed by atoms with E-state index in [1.54, 1.807) is 139 Å². The van der Waals surface area contributed by atoms with E-state index < -0.39 is 149 Å². The average Bonchev–Trinajstić information content (AvgIpc) is 1.66. The number of hydrogen-bond donors (Lipinski definition) is 0. The van der Waals surface area contributed by atoms with E-state index in [2.05, 4.69) is 36.4 Å². The van der Waals surface area contributed by atoms with Crippen molar-refractivity contribution in [3.05, 3.63) is 176 Å². The second kappa shape index (κ2) is 44.7. The van der Waals surface area contributed by atoms with Crippen molar-refractivity contribution in [2.75, 3.05) is 131 Å². The van der Waals surface area contributed by atoms with Crippen molar-refractivity contribution in [1.29, 1.82) is 31.6 Å². The Morgan fingerprint density at radius 3 is 0.796 bits per heavy atom. The van der Waals surface area contributed by atoms with Crippen molar-refractivity contribution in [1.82, 2.24) is 29.4 Å². The molecule has 0 bridgehead atoms. The van der Waals surface area contributed by atoms with E-state index in [4.69, 9.17) is 84.8 Å². The number of carbonyl (C=O) groups is 6. The van der Waals surface area contributed by atoms with Crippen LogP contribution in [0.25, 0.3) is 0 Å². The maximum Gasteiger partial charge on any atom is 0.255 e. The number of rotatable bonds is 37. The number of carbonyl (C=O) groups excluding carboxylic acids is 6. The summed E-state index contributed by atoms with van der Waals surface area (Å²) >= 11 is 0. The summed E-state index contributed by atoms with van der Waals surface area (Å²) in [4.78, 5) is 90.2. The van der Waals surface area contributed by atoms with Crippen molar-refractivity contribution in [2.24, 2.45) is 0 Å². The van der Waals surface area contributed by atoms with Crippen LogP contribution in [0.2, 0.25) is 0 Å². The third-order valence-corrected chi connectivity index (χ3v) is 32.6. The summed E-state index contributed by atoms with van der Waals surface area (Å²) in [5.74, 6) is 3.07. The number of ether oxygens (including phenoxy) is 16. The smallest absolute Gasteiger partial charge is 0.255 e. The van der Waals surface area contributed by atoms with Gasteiger partial charge in [0.1, 0.15) is 145 Å². The predicted octanol–water partition coefficient (Wildman–Crippen LogP) is 14.3. The first kappa shape index (κ1) is 106. The fourth-order valence-electron chi connectivity index (χ4n) is 22.3. The van der Waals surface area contributed by atoms with E-state index in [0.29, 0.717) is 218 Å². The van der Waals surface area contributed by atoms with Crippen molar-refractivity contribution in [2.45, 2.75) is 247 Å². The van der Waals surface area contributed by atoms with Gasteiger partial charge in [-0.1, -0.05) is 0 Å². The molecule has 0 radical (unpaired) electrons. The predicted molar refractivity (Wildman–Crippen MR) is 522 cm³/mol. The van der Waals surface area contributed by atoms with Crippen molar-refractivity contribution < 1.29 is 123 Å². The van der Waals surface area contributed by atoms with Crippen LogP contribution in [-0.2, 0) is 94.3 Å². The number of nitrogens with zero attached hydrogens (tertiary/aromatic N) is 12. The summed E-state index contributed by atoms with van der Waals surface area (Å²) in [6.07, 6.45) is 0.231. The molecule has 18 rings (SSSR count). The number of amides is 6. The fraction of sp³-hybridized carbons (Fsp3) is 0.551. The number of benzene rings is 6. The lowest BCUT2D eigenvalue weighted by molar-refractivity contribution is -0.179. The van der Waals surface area contributed by atoms with Crippen LogP contribution in [0.5, 0.6) is 34.5 Å². The van der Waals surface area contributed by atoms with Crippen LogP contribution in [-0.4, -0.2) is 261 Å². The standard InChI is InChI=1S/C56H67N6O13P.C51H57N6O13P/c1-54(2)51(48(60-19-7-10-45(60)63)39-28-36(31-57)13-16-42(39)73-54)69-24-22-67-34-76(66,72-27-26-71-53-50(62-21-9-12-47(62)65)41-30-38(33-59)15-18-44(41)75-56(53,5)6)35-68-23-25-70-52-49(61-20-8-11-46(61)64)40-29-37(32-58)14-17-43(40)74-55(52,3)4;1-50(2)48(46(56-18-6-9-43(56)59)36-21-33(24-53)12-15-39(36)69-50)66-27-62-30-71(61,68-29-65-41-26-64-38-14-11-32(23-52)20-35(38)45(41)55-17-5-8-42(55)58)31-63-28-67-49-47(57-19-7-10-44(57)60)37-22-34(25-54)13-16-40(37)70-51(49,3)4/h13-18,28-30,48-53H,7-12,19-27,34-35H2,1-6H3;11-16,20-22,41,45-49H,5-10,17-19,26-31H2,1-4H3. The Morgan fingerprint density at radius 2 is 0.531 bits per heavy atom. The first-order valence-corrected chi connectivity index (χ1v) is 54.0. The van der Waals surface area contributed by atoms with E-state index in [1.165, 1.54) is 0 Å². The molecule has 0 N–H and O–H groups in total. The van der Waals surface area contributed by atoms with Gasteiger partial charge < -0.3 is 110 Å². The lowest BCUT2D eigenvalue weighted by atomic mass is 9.84. The summed E-state index contributed by atoms with van der Waals surface area (Å²) in [5.41, 5.74) is 1.72. The fourth-order valence-corrected chi connectivity index (χ4v) is 24.9. The molecule has 778 valence electrons. The summed E-state index contributed by atoms with van der Waals surface area (Å²) < 4.78 is 143. The van der Waals surface area contributed by atoms with Gasteiger partial charge in [0.2, 0.25) is 35.4 Å². The van der Waals surface area contributed by atoms with Crippen molar-refractivity contribution in [3.8, 4) is 70.9 Å². The number of fused-ring (bicyclic) bond motifs is 6. The molecule has 6 aromatic carbocycles. The van der Waals surface area contributed by atoms with Crippen LogP contribution < -0.4 is 28.4 Å². The molecule has 0 saturated carbocycles. The minimum Gasteiger partial charge on any atom is -0.490 e. The SMILES string of the molecule is CC1(C)Oc2ccc(C#N)cc2C(N2CCCC2=O)C1OCCOCP(=O)(COCCOC1C(N2CCCC2=O)c2cc(C#N)ccc2OC1(C)C)OCCOC1C(N2CCCC2=O)c2cc(C#N)ccc2OC1(C)C.CC1(C)Oc2ccc(C#N)cc2C(N2CCCC2=O)C1OCOCP(=O)(COCOC1C(N2CCCC2=O)c2cc(C#N)ccc2OC1(C)C)OCOC1COc2ccc(C#N)cc2C1N1CCCC1=O. The van der Waals surface area contributed by atoms with Crippen LogP contribution in [0.4, 0.5) is 0 Å². The monoisotopic (exact) mass is 2050 g/mol. The second-order valence-electron chi connectivity index (χ2n) is 41.3. The normalized spacial score (nSPS) is 25.8. The Bertz CT molecular complexity index is 6100. The van der Waals surface area contributed by atoms with E-state index in [-0.39, 0.29) is 94.4 Å². The van der Waals surface area contributed by atoms with Gasteiger partial charge in [-0.2, -0.15) is 31.6 Å². The molecule has 6 saturated heterocycles. The van der Waals surface area contributed by atoms with Crippen LogP contribution in [0.1, 0.15) is 249 Å². The summed E-state index contributed by atoms with van der Waals surface area (Å²) in [5, 5.41) is 58.6. The lowest BCUT2D eigenvalue weighted by Crippen LogP contribution is -2.55. The van der Waals surface area contributed by atoms with Gasteiger partial charge in [-0.15, -0.1) is 0 Å². The topological polar surface area (TPSA) is 465 Å². The highest BCUT2D eigenvalue weighted by Crippen LogP contribution is 2.56. The zero-order valence-electron chi connectivity index (χ0n) is 84.3. The van der Waals surface area contributed by atoms with Crippen molar-refractivity contribution >= 4 is 50.2 Å². The Morgan fingerprint density at radius 1 is 0.293 bits per heavy atom. The molecule has 0 aliphatic carbocycles. The molecule has 38 nitrogen and oxygen atoms in total. The van der Waals surface area contributed by atoms with Crippen LogP contribution in [0.3, 0.4) is 0 Å².